The molecular formula is C13H24N2OS. The Hall–Kier alpha value is -0.640. The molecule has 0 saturated heterocycles. The van der Waals surface area contributed by atoms with Crippen LogP contribution in [0.3, 0.4) is 0 Å². The molecule has 0 radical (unpaired) electrons. The summed E-state index contributed by atoms with van der Waals surface area (Å²) in [6.07, 6.45) is 4.77. The van der Waals surface area contributed by atoms with Crippen LogP contribution in [-0.4, -0.2) is 16.4 Å². The van der Waals surface area contributed by atoms with Gasteiger partial charge in [0.15, 0.2) is 0 Å². The van der Waals surface area contributed by atoms with E-state index in [2.05, 4.69) is 12.2 Å². The molecule has 98 valence electrons. The van der Waals surface area contributed by atoms with Gasteiger partial charge in [-0.1, -0.05) is 33.0 Å². The number of nitrogens with two attached hydrogens (primary N) is 1. The molecule has 1 amide bonds. The van der Waals surface area contributed by atoms with E-state index in [9.17, 15) is 4.79 Å². The fraction of sp³-hybridized carbons (Fsp3) is 0.846. The molecule has 1 rings (SSSR count). The van der Waals surface area contributed by atoms with Crippen molar-refractivity contribution in [2.24, 2.45) is 17.6 Å². The van der Waals surface area contributed by atoms with Gasteiger partial charge in [-0.05, 0) is 38.0 Å². The number of amides is 1. The predicted molar refractivity (Wildman–Crippen MR) is 74.7 cm³/mol. The summed E-state index contributed by atoms with van der Waals surface area (Å²) in [5.41, 5.74) is 5.43. The Balaban J connectivity index is 2.73. The number of hydrogen-bond acceptors (Lipinski definition) is 2. The highest BCUT2D eigenvalue weighted by atomic mass is 32.1. The van der Waals surface area contributed by atoms with Crippen LogP contribution in [-0.2, 0) is 4.79 Å². The van der Waals surface area contributed by atoms with E-state index < -0.39 is 5.54 Å². The van der Waals surface area contributed by atoms with Crippen LogP contribution < -0.4 is 11.1 Å². The van der Waals surface area contributed by atoms with Crippen LogP contribution >= 0.6 is 12.2 Å². The lowest BCUT2D eigenvalue weighted by molar-refractivity contribution is -0.126. The van der Waals surface area contributed by atoms with Gasteiger partial charge in [0.05, 0.1) is 10.5 Å². The van der Waals surface area contributed by atoms with Gasteiger partial charge >= 0.3 is 0 Å². The summed E-state index contributed by atoms with van der Waals surface area (Å²) in [4.78, 5) is 12.5. The van der Waals surface area contributed by atoms with E-state index in [0.717, 1.165) is 32.1 Å². The standard InChI is InChI=1S/C13H24N2OS/c1-4-10(3)11(16)15-13(12(14)17)7-5-9(2)6-8-13/h9-10H,4-8H2,1-3H3,(H2,14,17)(H,15,16). The van der Waals surface area contributed by atoms with E-state index in [4.69, 9.17) is 18.0 Å². The van der Waals surface area contributed by atoms with E-state index in [1.165, 1.54) is 0 Å². The van der Waals surface area contributed by atoms with Crippen molar-refractivity contribution in [3.8, 4) is 0 Å². The molecule has 0 aromatic carbocycles. The van der Waals surface area contributed by atoms with Crippen molar-refractivity contribution in [2.45, 2.75) is 58.4 Å². The van der Waals surface area contributed by atoms with E-state index >= 15 is 0 Å². The Bertz CT molecular complexity index is 296. The average Bonchev–Trinajstić information content (AvgIpc) is 2.30. The van der Waals surface area contributed by atoms with Crippen LogP contribution in [0, 0.1) is 11.8 Å². The Morgan fingerprint density at radius 2 is 2.06 bits per heavy atom. The predicted octanol–water partition coefficient (Wildman–Crippen LogP) is 2.38. The van der Waals surface area contributed by atoms with E-state index in [1.807, 2.05) is 13.8 Å². The summed E-state index contributed by atoms with van der Waals surface area (Å²) in [7, 11) is 0. The van der Waals surface area contributed by atoms with E-state index in [1.54, 1.807) is 0 Å². The Morgan fingerprint density at radius 1 is 1.53 bits per heavy atom. The molecule has 0 heterocycles. The Labute approximate surface area is 110 Å². The van der Waals surface area contributed by atoms with Crippen molar-refractivity contribution in [1.82, 2.24) is 5.32 Å². The first-order valence-electron chi connectivity index (χ1n) is 6.53. The van der Waals surface area contributed by atoms with E-state index in [0.29, 0.717) is 10.9 Å². The lowest BCUT2D eigenvalue weighted by Gasteiger charge is -2.39. The smallest absolute Gasteiger partial charge is 0.223 e. The molecule has 0 spiro atoms. The molecule has 1 atom stereocenters. The highest BCUT2D eigenvalue weighted by Crippen LogP contribution is 2.32. The highest BCUT2D eigenvalue weighted by molar-refractivity contribution is 7.80. The summed E-state index contributed by atoms with van der Waals surface area (Å²) in [5, 5.41) is 3.10. The molecule has 0 bridgehead atoms. The second-order valence-electron chi connectivity index (χ2n) is 5.43. The summed E-state index contributed by atoms with van der Waals surface area (Å²) in [6, 6.07) is 0. The van der Waals surface area contributed by atoms with Gasteiger partial charge in [-0.25, -0.2) is 0 Å². The molecule has 1 aliphatic carbocycles. The summed E-state index contributed by atoms with van der Waals surface area (Å²) >= 11 is 5.17. The third-order valence-electron chi connectivity index (χ3n) is 4.02. The van der Waals surface area contributed by atoms with Crippen molar-refractivity contribution in [3.63, 3.8) is 0 Å². The van der Waals surface area contributed by atoms with Crippen LogP contribution in [0.1, 0.15) is 52.9 Å². The minimum absolute atomic E-state index is 0.0283. The molecule has 4 heteroatoms. The Morgan fingerprint density at radius 3 is 2.47 bits per heavy atom. The molecule has 3 N–H and O–H groups in total. The number of rotatable bonds is 4. The lowest BCUT2D eigenvalue weighted by Crippen LogP contribution is -2.59. The quantitative estimate of drug-likeness (QED) is 0.759. The van der Waals surface area contributed by atoms with Gasteiger partial charge in [0.25, 0.3) is 0 Å². The number of hydrogen-bond donors (Lipinski definition) is 2. The molecule has 1 fully saturated rings. The van der Waals surface area contributed by atoms with E-state index in [-0.39, 0.29) is 11.8 Å². The lowest BCUT2D eigenvalue weighted by atomic mass is 9.76. The first-order valence-corrected chi connectivity index (χ1v) is 6.94. The zero-order chi connectivity index (χ0) is 13.1. The van der Waals surface area contributed by atoms with Crippen LogP contribution in [0.4, 0.5) is 0 Å². The largest absolute Gasteiger partial charge is 0.391 e. The molecule has 17 heavy (non-hydrogen) atoms. The maximum absolute atomic E-state index is 12.0. The fourth-order valence-electron chi connectivity index (χ4n) is 2.23. The van der Waals surface area contributed by atoms with Gasteiger partial charge in [0.2, 0.25) is 5.91 Å². The van der Waals surface area contributed by atoms with Crippen LogP contribution in [0.2, 0.25) is 0 Å². The molecule has 3 nitrogen and oxygen atoms in total. The molecule has 0 aliphatic heterocycles. The molecular weight excluding hydrogens is 232 g/mol. The maximum Gasteiger partial charge on any atom is 0.223 e. The number of carbonyl (C=O) groups excluding carboxylic acids is 1. The molecule has 0 aromatic rings. The summed E-state index contributed by atoms with van der Waals surface area (Å²) in [5.74, 6) is 0.813. The Kier molecular flexibility index (Phi) is 4.92. The van der Waals surface area contributed by atoms with Gasteiger partial charge < -0.3 is 11.1 Å². The van der Waals surface area contributed by atoms with Crippen LogP contribution in [0.15, 0.2) is 0 Å². The van der Waals surface area contributed by atoms with Gasteiger partial charge in [-0.2, -0.15) is 0 Å². The second-order valence-corrected chi connectivity index (χ2v) is 5.87. The van der Waals surface area contributed by atoms with Gasteiger partial charge in [-0.15, -0.1) is 0 Å². The number of carbonyl (C=O) groups is 1. The zero-order valence-electron chi connectivity index (χ0n) is 11.1. The zero-order valence-corrected chi connectivity index (χ0v) is 11.9. The van der Waals surface area contributed by atoms with Crippen molar-refractivity contribution in [2.75, 3.05) is 0 Å². The SMILES string of the molecule is CCC(C)C(=O)NC1(C(N)=S)CCC(C)CC1. The van der Waals surface area contributed by atoms with Crippen molar-refractivity contribution < 1.29 is 4.79 Å². The first-order chi connectivity index (χ1) is 7.91. The van der Waals surface area contributed by atoms with Crippen molar-refractivity contribution >= 4 is 23.1 Å². The average molecular weight is 256 g/mol. The van der Waals surface area contributed by atoms with Crippen molar-refractivity contribution in [3.05, 3.63) is 0 Å². The van der Waals surface area contributed by atoms with Crippen LogP contribution in [0.5, 0.6) is 0 Å². The highest BCUT2D eigenvalue weighted by Gasteiger charge is 2.38. The summed E-state index contributed by atoms with van der Waals surface area (Å²) in [6.45, 7) is 6.19. The normalized spacial score (nSPS) is 30.6. The van der Waals surface area contributed by atoms with Gasteiger partial charge in [0.1, 0.15) is 0 Å². The van der Waals surface area contributed by atoms with Crippen molar-refractivity contribution in [1.29, 1.82) is 0 Å². The molecule has 1 saturated carbocycles. The second kappa shape index (κ2) is 5.80. The third-order valence-corrected chi connectivity index (χ3v) is 4.41. The number of nitrogens with one attached hydrogen (secondary N) is 1. The topological polar surface area (TPSA) is 55.1 Å². The molecule has 0 aromatic heterocycles. The molecule has 1 aliphatic rings. The fourth-order valence-corrected chi connectivity index (χ4v) is 2.49. The maximum atomic E-state index is 12.0. The summed E-state index contributed by atoms with van der Waals surface area (Å²) < 4.78 is 0. The van der Waals surface area contributed by atoms with Gasteiger partial charge in [0, 0.05) is 5.92 Å². The third kappa shape index (κ3) is 3.41. The monoisotopic (exact) mass is 256 g/mol. The van der Waals surface area contributed by atoms with Gasteiger partial charge in [-0.3, -0.25) is 4.79 Å². The minimum Gasteiger partial charge on any atom is -0.391 e. The van der Waals surface area contributed by atoms with Crippen LogP contribution in [0.25, 0.3) is 0 Å². The number of thiocarbonyl (C=S) groups is 1. The minimum atomic E-state index is -0.428. The molecule has 1 unspecified atom stereocenters. The first kappa shape index (κ1) is 14.4.